The van der Waals surface area contributed by atoms with Crippen LogP contribution in [0.25, 0.3) is 0 Å². The first-order chi connectivity index (χ1) is 11.7. The molecule has 0 saturated heterocycles. The SMILES string of the molecule is COc1cc(N/C=C(\C#N)C(=O)Nc2ccccc2)cc(OC)c1. The van der Waals surface area contributed by atoms with Crippen LogP contribution in [-0.4, -0.2) is 20.1 Å². The standard InChI is InChI=1S/C18H17N3O3/c1-23-16-8-15(9-17(10-16)24-2)20-12-13(11-19)18(22)21-14-6-4-3-5-7-14/h3-10,12,20H,1-2H3,(H,21,22)/b13-12+. The molecule has 0 aliphatic heterocycles. The molecule has 2 rings (SSSR count). The van der Waals surface area contributed by atoms with Crippen molar-refractivity contribution in [3.8, 4) is 17.6 Å². The summed E-state index contributed by atoms with van der Waals surface area (Å²) in [6.07, 6.45) is 1.34. The van der Waals surface area contributed by atoms with Crippen molar-refractivity contribution in [2.24, 2.45) is 0 Å². The number of methoxy groups -OCH3 is 2. The van der Waals surface area contributed by atoms with Crippen LogP contribution in [0.4, 0.5) is 11.4 Å². The van der Waals surface area contributed by atoms with Crippen molar-refractivity contribution in [3.05, 3.63) is 60.3 Å². The first-order valence-electron chi connectivity index (χ1n) is 7.12. The molecule has 24 heavy (non-hydrogen) atoms. The molecule has 2 aromatic rings. The van der Waals surface area contributed by atoms with Gasteiger partial charge in [0, 0.05) is 35.8 Å². The fourth-order valence-corrected chi connectivity index (χ4v) is 1.91. The molecule has 6 nitrogen and oxygen atoms in total. The highest BCUT2D eigenvalue weighted by Gasteiger charge is 2.09. The number of rotatable bonds is 6. The quantitative estimate of drug-likeness (QED) is 0.630. The molecule has 6 heteroatoms. The van der Waals surface area contributed by atoms with Crippen LogP contribution in [0, 0.1) is 11.3 Å². The number of hydrogen-bond acceptors (Lipinski definition) is 5. The van der Waals surface area contributed by atoms with Crippen molar-refractivity contribution in [1.82, 2.24) is 0 Å². The highest BCUT2D eigenvalue weighted by atomic mass is 16.5. The Morgan fingerprint density at radius 2 is 1.67 bits per heavy atom. The van der Waals surface area contributed by atoms with Crippen molar-refractivity contribution in [2.45, 2.75) is 0 Å². The van der Waals surface area contributed by atoms with E-state index in [-0.39, 0.29) is 5.57 Å². The minimum absolute atomic E-state index is 0.0550. The molecule has 0 atom stereocenters. The second kappa shape index (κ2) is 8.25. The fraction of sp³-hybridized carbons (Fsp3) is 0.111. The van der Waals surface area contributed by atoms with Gasteiger partial charge < -0.3 is 20.1 Å². The summed E-state index contributed by atoms with van der Waals surface area (Å²) in [5.41, 5.74) is 1.19. The molecule has 0 heterocycles. The molecule has 0 spiro atoms. The molecule has 0 aliphatic carbocycles. The molecule has 0 bridgehead atoms. The Hall–Kier alpha value is -3.46. The highest BCUT2D eigenvalue weighted by Crippen LogP contribution is 2.25. The van der Waals surface area contributed by atoms with Gasteiger partial charge in [-0.1, -0.05) is 18.2 Å². The normalized spacial score (nSPS) is 10.5. The number of nitriles is 1. The zero-order valence-electron chi connectivity index (χ0n) is 13.4. The average Bonchev–Trinajstić information content (AvgIpc) is 2.62. The van der Waals surface area contributed by atoms with Gasteiger partial charge in [-0.3, -0.25) is 4.79 Å². The van der Waals surface area contributed by atoms with E-state index in [1.54, 1.807) is 56.7 Å². The lowest BCUT2D eigenvalue weighted by atomic mass is 10.2. The summed E-state index contributed by atoms with van der Waals surface area (Å²) < 4.78 is 10.3. The van der Waals surface area contributed by atoms with Crippen LogP contribution in [-0.2, 0) is 4.79 Å². The Morgan fingerprint density at radius 3 is 2.21 bits per heavy atom. The lowest BCUT2D eigenvalue weighted by Crippen LogP contribution is -2.14. The number of anilines is 2. The number of amides is 1. The van der Waals surface area contributed by atoms with E-state index in [9.17, 15) is 10.1 Å². The van der Waals surface area contributed by atoms with Crippen LogP contribution in [0.5, 0.6) is 11.5 Å². The third-order valence-corrected chi connectivity index (χ3v) is 3.13. The molecule has 1 amide bonds. The van der Waals surface area contributed by atoms with Gasteiger partial charge in [-0.25, -0.2) is 0 Å². The minimum Gasteiger partial charge on any atom is -0.497 e. The van der Waals surface area contributed by atoms with E-state index in [0.29, 0.717) is 22.9 Å². The fourth-order valence-electron chi connectivity index (χ4n) is 1.91. The molecule has 0 aromatic heterocycles. The molecular weight excluding hydrogens is 306 g/mol. The summed E-state index contributed by atoms with van der Waals surface area (Å²) >= 11 is 0. The Morgan fingerprint density at radius 1 is 1.04 bits per heavy atom. The largest absolute Gasteiger partial charge is 0.497 e. The van der Waals surface area contributed by atoms with Crippen molar-refractivity contribution >= 4 is 17.3 Å². The predicted octanol–water partition coefficient (Wildman–Crippen LogP) is 3.16. The van der Waals surface area contributed by atoms with Gasteiger partial charge in [0.25, 0.3) is 5.91 Å². The van der Waals surface area contributed by atoms with Crippen LogP contribution in [0.15, 0.2) is 60.3 Å². The molecule has 2 aromatic carbocycles. The summed E-state index contributed by atoms with van der Waals surface area (Å²) in [7, 11) is 3.09. The summed E-state index contributed by atoms with van der Waals surface area (Å²) in [5, 5.41) is 14.7. The summed E-state index contributed by atoms with van der Waals surface area (Å²) in [5.74, 6) is 0.695. The van der Waals surface area contributed by atoms with E-state index < -0.39 is 5.91 Å². The lowest BCUT2D eigenvalue weighted by Gasteiger charge is -2.09. The van der Waals surface area contributed by atoms with Gasteiger partial charge in [0.05, 0.1) is 14.2 Å². The number of benzene rings is 2. The van der Waals surface area contributed by atoms with Crippen molar-refractivity contribution in [1.29, 1.82) is 5.26 Å². The second-order valence-electron chi connectivity index (χ2n) is 4.74. The van der Waals surface area contributed by atoms with Gasteiger partial charge >= 0.3 is 0 Å². The maximum Gasteiger partial charge on any atom is 0.267 e. The minimum atomic E-state index is -0.494. The van der Waals surface area contributed by atoms with E-state index in [1.807, 2.05) is 12.1 Å². The second-order valence-corrected chi connectivity index (χ2v) is 4.74. The number of carbonyl (C=O) groups excluding carboxylic acids is 1. The van der Waals surface area contributed by atoms with Gasteiger partial charge in [-0.2, -0.15) is 5.26 Å². The molecule has 0 aliphatic rings. The van der Waals surface area contributed by atoms with Crippen LogP contribution in [0.2, 0.25) is 0 Å². The van der Waals surface area contributed by atoms with Gasteiger partial charge in [0.2, 0.25) is 0 Å². The van der Waals surface area contributed by atoms with Crippen molar-refractivity contribution in [3.63, 3.8) is 0 Å². The molecule has 2 N–H and O–H groups in total. The number of nitrogens with zero attached hydrogens (tertiary/aromatic N) is 1. The third kappa shape index (κ3) is 4.52. The first-order valence-corrected chi connectivity index (χ1v) is 7.12. The number of ether oxygens (including phenoxy) is 2. The highest BCUT2D eigenvalue weighted by molar-refractivity contribution is 6.06. The smallest absolute Gasteiger partial charge is 0.267 e. The number of hydrogen-bond donors (Lipinski definition) is 2. The molecule has 0 saturated carbocycles. The van der Waals surface area contributed by atoms with E-state index in [2.05, 4.69) is 10.6 Å². The molecule has 0 fully saturated rings. The van der Waals surface area contributed by atoms with Gasteiger partial charge in [0.1, 0.15) is 23.1 Å². The number of nitrogens with one attached hydrogen (secondary N) is 2. The van der Waals surface area contributed by atoms with Crippen molar-refractivity contribution in [2.75, 3.05) is 24.9 Å². The summed E-state index contributed by atoms with van der Waals surface area (Å²) in [6.45, 7) is 0. The Balaban J connectivity index is 2.13. The Kier molecular flexibility index (Phi) is 5.81. The lowest BCUT2D eigenvalue weighted by molar-refractivity contribution is -0.112. The van der Waals surface area contributed by atoms with E-state index in [1.165, 1.54) is 6.20 Å². The van der Waals surface area contributed by atoms with Gasteiger partial charge in [-0.05, 0) is 12.1 Å². The third-order valence-electron chi connectivity index (χ3n) is 3.13. The molecule has 0 unspecified atom stereocenters. The van der Waals surface area contributed by atoms with E-state index >= 15 is 0 Å². The van der Waals surface area contributed by atoms with Crippen molar-refractivity contribution < 1.29 is 14.3 Å². The van der Waals surface area contributed by atoms with E-state index in [4.69, 9.17) is 9.47 Å². The number of carbonyl (C=O) groups is 1. The average molecular weight is 323 g/mol. The maximum absolute atomic E-state index is 12.1. The monoisotopic (exact) mass is 323 g/mol. The van der Waals surface area contributed by atoms with Crippen LogP contribution in [0.3, 0.4) is 0 Å². The Labute approximate surface area is 140 Å². The summed E-state index contributed by atoms with van der Waals surface area (Å²) in [6, 6.07) is 16.0. The zero-order chi connectivity index (χ0) is 17.4. The van der Waals surface area contributed by atoms with Gasteiger partial charge in [-0.15, -0.1) is 0 Å². The topological polar surface area (TPSA) is 83.4 Å². The first kappa shape index (κ1) is 16.9. The van der Waals surface area contributed by atoms with Gasteiger partial charge in [0.15, 0.2) is 0 Å². The van der Waals surface area contributed by atoms with Crippen LogP contribution in [0.1, 0.15) is 0 Å². The van der Waals surface area contributed by atoms with Crippen LogP contribution >= 0.6 is 0 Å². The Bertz CT molecular complexity index is 758. The van der Waals surface area contributed by atoms with Crippen LogP contribution < -0.4 is 20.1 Å². The predicted molar refractivity (Wildman–Crippen MR) is 91.9 cm³/mol. The summed E-state index contributed by atoms with van der Waals surface area (Å²) in [4.78, 5) is 12.1. The molecular formula is C18H17N3O3. The maximum atomic E-state index is 12.1. The van der Waals surface area contributed by atoms with E-state index in [0.717, 1.165) is 0 Å². The molecule has 0 radical (unpaired) electrons. The zero-order valence-corrected chi connectivity index (χ0v) is 13.4. The molecule has 122 valence electrons. The number of para-hydroxylation sites is 1.